The lowest BCUT2D eigenvalue weighted by Crippen LogP contribution is -2.14. The van der Waals surface area contributed by atoms with E-state index < -0.39 is 5.97 Å². The first-order valence-electron chi connectivity index (χ1n) is 5.84. The summed E-state index contributed by atoms with van der Waals surface area (Å²) in [5, 5.41) is 7.22. The number of carbonyl (C=O) groups is 1. The van der Waals surface area contributed by atoms with Gasteiger partial charge in [0.2, 0.25) is 5.82 Å². The van der Waals surface area contributed by atoms with Crippen LogP contribution < -0.4 is 5.32 Å². The Balaban J connectivity index is 1.99. The van der Waals surface area contributed by atoms with Gasteiger partial charge < -0.3 is 10.1 Å². The van der Waals surface area contributed by atoms with Gasteiger partial charge in [-0.3, -0.25) is 4.68 Å². The molecule has 2 heterocycles. The van der Waals surface area contributed by atoms with Crippen LogP contribution in [0.3, 0.4) is 0 Å². The maximum absolute atomic E-state index is 11.4. The number of nitrogens with one attached hydrogen (secondary N) is 1. The van der Waals surface area contributed by atoms with Gasteiger partial charge in [0.25, 0.3) is 0 Å². The van der Waals surface area contributed by atoms with Crippen molar-refractivity contribution in [3.05, 3.63) is 36.0 Å². The van der Waals surface area contributed by atoms with Crippen LogP contribution in [0.5, 0.6) is 0 Å². The van der Waals surface area contributed by atoms with Gasteiger partial charge in [0.15, 0.2) is 0 Å². The number of ether oxygens (including phenoxy) is 1. The fourth-order valence-corrected chi connectivity index (χ4v) is 1.57. The van der Waals surface area contributed by atoms with E-state index in [1.807, 2.05) is 16.9 Å². The van der Waals surface area contributed by atoms with Crippen LogP contribution in [0.15, 0.2) is 24.5 Å². The fraction of sp³-hybridized carbons (Fsp3) is 0.333. The van der Waals surface area contributed by atoms with E-state index in [1.165, 1.54) is 7.11 Å². The van der Waals surface area contributed by atoms with E-state index >= 15 is 0 Å². The average molecular weight is 261 g/mol. The lowest BCUT2D eigenvalue weighted by Gasteiger charge is -2.07. The van der Waals surface area contributed by atoms with Crippen LogP contribution in [-0.4, -0.2) is 39.4 Å². The predicted octanol–water partition coefficient (Wildman–Crippen LogP) is 0.880. The van der Waals surface area contributed by atoms with E-state index in [4.69, 9.17) is 0 Å². The summed E-state index contributed by atoms with van der Waals surface area (Å²) in [6.45, 7) is 3.16. The van der Waals surface area contributed by atoms with Crippen molar-refractivity contribution in [3.63, 3.8) is 0 Å². The first-order chi connectivity index (χ1) is 9.19. The highest BCUT2D eigenvalue weighted by Crippen LogP contribution is 2.06. The summed E-state index contributed by atoms with van der Waals surface area (Å²) in [7, 11) is 1.30. The minimum Gasteiger partial charge on any atom is -0.463 e. The number of methoxy groups -OCH3 is 1. The van der Waals surface area contributed by atoms with E-state index in [2.05, 4.69) is 25.1 Å². The van der Waals surface area contributed by atoms with Crippen LogP contribution in [0.4, 0.5) is 5.82 Å². The minimum absolute atomic E-state index is 0.0593. The summed E-state index contributed by atoms with van der Waals surface area (Å²) in [6, 6.07) is 3.64. The minimum atomic E-state index is -0.543. The molecule has 0 atom stereocenters. The number of aryl methyl sites for hydroxylation is 1. The van der Waals surface area contributed by atoms with E-state index in [1.54, 1.807) is 19.2 Å². The molecule has 0 saturated carbocycles. The highest BCUT2D eigenvalue weighted by Gasteiger charge is 2.11. The highest BCUT2D eigenvalue weighted by molar-refractivity contribution is 5.85. The molecule has 2 aromatic heterocycles. The third-order valence-electron chi connectivity index (χ3n) is 2.43. The third kappa shape index (κ3) is 3.51. The zero-order valence-corrected chi connectivity index (χ0v) is 10.8. The second kappa shape index (κ2) is 5.94. The summed E-state index contributed by atoms with van der Waals surface area (Å²) in [4.78, 5) is 19.5. The Hall–Kier alpha value is -2.44. The van der Waals surface area contributed by atoms with Crippen LogP contribution in [0, 0.1) is 6.92 Å². The summed E-state index contributed by atoms with van der Waals surface area (Å²) in [5.41, 5.74) is 0.706. The molecule has 0 radical (unpaired) electrons. The number of rotatable bonds is 5. The molecule has 1 N–H and O–H groups in total. The zero-order valence-electron chi connectivity index (χ0n) is 10.8. The number of hydrogen-bond acceptors (Lipinski definition) is 6. The largest absolute Gasteiger partial charge is 0.463 e. The number of anilines is 1. The number of hydrogen-bond donors (Lipinski definition) is 1. The van der Waals surface area contributed by atoms with Crippen molar-refractivity contribution in [1.82, 2.24) is 19.7 Å². The monoisotopic (exact) mass is 261 g/mol. The lowest BCUT2D eigenvalue weighted by atomic mass is 10.4. The topological polar surface area (TPSA) is 81.9 Å². The van der Waals surface area contributed by atoms with Gasteiger partial charge >= 0.3 is 5.97 Å². The standard InChI is InChI=1S/C12H15N5O2/c1-9-8-10(16-11(15-9)12(18)19-2)13-5-7-17-6-3-4-14-17/h3-4,6,8H,5,7H2,1-2H3,(H,13,15,16). The Bertz CT molecular complexity index is 553. The molecule has 0 unspecified atom stereocenters. The average Bonchev–Trinajstić information content (AvgIpc) is 2.90. The van der Waals surface area contributed by atoms with Gasteiger partial charge in [-0.05, 0) is 13.0 Å². The molecular formula is C12H15N5O2. The summed E-state index contributed by atoms with van der Waals surface area (Å²) in [6.07, 6.45) is 3.61. The van der Waals surface area contributed by atoms with E-state index in [0.717, 1.165) is 0 Å². The lowest BCUT2D eigenvalue weighted by molar-refractivity contribution is 0.0586. The molecule has 2 aromatic rings. The summed E-state index contributed by atoms with van der Waals surface area (Å²) >= 11 is 0. The van der Waals surface area contributed by atoms with Crippen LogP contribution in [0.25, 0.3) is 0 Å². The van der Waals surface area contributed by atoms with Crippen molar-refractivity contribution >= 4 is 11.8 Å². The molecular weight excluding hydrogens is 246 g/mol. The van der Waals surface area contributed by atoms with E-state index in [9.17, 15) is 4.79 Å². The van der Waals surface area contributed by atoms with Crippen LogP contribution >= 0.6 is 0 Å². The Kier molecular flexibility index (Phi) is 4.07. The molecule has 0 spiro atoms. The fourth-order valence-electron chi connectivity index (χ4n) is 1.57. The molecule has 2 rings (SSSR count). The van der Waals surface area contributed by atoms with Gasteiger partial charge in [0, 0.05) is 30.7 Å². The van der Waals surface area contributed by atoms with Crippen LogP contribution in [0.1, 0.15) is 16.3 Å². The third-order valence-corrected chi connectivity index (χ3v) is 2.43. The number of aromatic nitrogens is 4. The van der Waals surface area contributed by atoms with Crippen molar-refractivity contribution in [3.8, 4) is 0 Å². The summed E-state index contributed by atoms with van der Waals surface area (Å²) < 4.78 is 6.41. The molecule has 0 amide bonds. The Labute approximate surface area is 110 Å². The molecule has 0 fully saturated rings. The van der Waals surface area contributed by atoms with E-state index in [-0.39, 0.29) is 5.82 Å². The van der Waals surface area contributed by atoms with Gasteiger partial charge in [-0.25, -0.2) is 14.8 Å². The van der Waals surface area contributed by atoms with Gasteiger partial charge in [0.05, 0.1) is 13.7 Å². The highest BCUT2D eigenvalue weighted by atomic mass is 16.5. The van der Waals surface area contributed by atoms with Crippen LogP contribution in [-0.2, 0) is 11.3 Å². The van der Waals surface area contributed by atoms with Gasteiger partial charge in [0.1, 0.15) is 5.82 Å². The van der Waals surface area contributed by atoms with Crippen molar-refractivity contribution in [2.75, 3.05) is 19.0 Å². The number of nitrogens with zero attached hydrogens (tertiary/aromatic N) is 4. The van der Waals surface area contributed by atoms with E-state index in [0.29, 0.717) is 24.6 Å². The Morgan fingerprint density at radius 3 is 3.00 bits per heavy atom. The smallest absolute Gasteiger partial charge is 0.376 e. The van der Waals surface area contributed by atoms with Gasteiger partial charge in [-0.1, -0.05) is 0 Å². The van der Waals surface area contributed by atoms with Crippen molar-refractivity contribution < 1.29 is 9.53 Å². The second-order valence-electron chi connectivity index (χ2n) is 3.91. The van der Waals surface area contributed by atoms with Crippen molar-refractivity contribution in [2.24, 2.45) is 0 Å². The molecule has 0 aliphatic rings. The molecule has 100 valence electrons. The molecule has 0 bridgehead atoms. The molecule has 0 saturated heterocycles. The quantitative estimate of drug-likeness (QED) is 0.805. The number of carbonyl (C=O) groups excluding carboxylic acids is 1. The normalized spacial score (nSPS) is 10.2. The maximum Gasteiger partial charge on any atom is 0.376 e. The molecule has 0 aliphatic carbocycles. The van der Waals surface area contributed by atoms with Gasteiger partial charge in [-0.2, -0.15) is 5.10 Å². The first kappa shape index (κ1) is 13.0. The van der Waals surface area contributed by atoms with Gasteiger partial charge in [-0.15, -0.1) is 0 Å². The second-order valence-corrected chi connectivity index (χ2v) is 3.91. The summed E-state index contributed by atoms with van der Waals surface area (Å²) in [5.74, 6) is 0.114. The maximum atomic E-state index is 11.4. The number of esters is 1. The molecule has 19 heavy (non-hydrogen) atoms. The zero-order chi connectivity index (χ0) is 13.7. The SMILES string of the molecule is COC(=O)c1nc(C)cc(NCCn2cccn2)n1. The van der Waals surface area contributed by atoms with Crippen molar-refractivity contribution in [2.45, 2.75) is 13.5 Å². The molecule has 7 nitrogen and oxygen atoms in total. The molecule has 0 aliphatic heterocycles. The van der Waals surface area contributed by atoms with Crippen molar-refractivity contribution in [1.29, 1.82) is 0 Å². The first-order valence-corrected chi connectivity index (χ1v) is 5.84. The molecule has 0 aromatic carbocycles. The predicted molar refractivity (Wildman–Crippen MR) is 68.8 cm³/mol. The Morgan fingerprint density at radius 2 is 2.32 bits per heavy atom. The van der Waals surface area contributed by atoms with Crippen LogP contribution in [0.2, 0.25) is 0 Å². The molecule has 7 heteroatoms. The Morgan fingerprint density at radius 1 is 1.47 bits per heavy atom.